The Kier molecular flexibility index (Phi) is 3.93. The van der Waals surface area contributed by atoms with E-state index >= 15 is 0 Å². The average Bonchev–Trinajstić information content (AvgIpc) is 2.62. The molecule has 1 aromatic carbocycles. The van der Waals surface area contributed by atoms with Crippen LogP contribution in [0.4, 0.5) is 0 Å². The average molecular weight is 259 g/mol. The number of carbonyl (C=O) groups excluding carboxylic acids is 1. The van der Waals surface area contributed by atoms with Crippen molar-refractivity contribution >= 4 is 16.7 Å². The molecule has 1 heterocycles. The van der Waals surface area contributed by atoms with Gasteiger partial charge in [0.05, 0.1) is 6.10 Å². The molecule has 19 heavy (non-hydrogen) atoms. The van der Waals surface area contributed by atoms with Crippen LogP contribution in [0.1, 0.15) is 32.8 Å². The first-order valence-corrected chi connectivity index (χ1v) is 6.71. The predicted octanol–water partition coefficient (Wildman–Crippen LogP) is 3.49. The highest BCUT2D eigenvalue weighted by molar-refractivity contribution is 5.86. The van der Waals surface area contributed by atoms with Crippen molar-refractivity contribution in [3.8, 4) is 5.75 Å². The molecule has 0 aliphatic rings. The second kappa shape index (κ2) is 5.47. The molecule has 0 N–H and O–H groups in total. The van der Waals surface area contributed by atoms with Gasteiger partial charge in [-0.15, -0.1) is 0 Å². The molecule has 0 unspecified atom stereocenters. The van der Waals surface area contributed by atoms with E-state index < -0.39 is 0 Å². The minimum absolute atomic E-state index is 0.168. The molecule has 0 aliphatic heterocycles. The molecule has 0 fully saturated rings. The van der Waals surface area contributed by atoms with Gasteiger partial charge in [0.2, 0.25) is 0 Å². The molecule has 0 bridgehead atoms. The van der Waals surface area contributed by atoms with Gasteiger partial charge in [-0.3, -0.25) is 0 Å². The van der Waals surface area contributed by atoms with E-state index in [1.165, 1.54) is 16.5 Å². The number of aromatic nitrogens is 1. The van der Waals surface area contributed by atoms with Gasteiger partial charge in [0.1, 0.15) is 11.5 Å². The van der Waals surface area contributed by atoms with E-state index in [1.807, 2.05) is 27.0 Å². The smallest absolute Gasteiger partial charge is 0.130 e. The zero-order chi connectivity index (χ0) is 14.0. The Labute approximate surface area is 114 Å². The van der Waals surface area contributed by atoms with Crippen molar-refractivity contribution in [3.05, 3.63) is 30.0 Å². The van der Waals surface area contributed by atoms with E-state index in [0.29, 0.717) is 6.42 Å². The van der Waals surface area contributed by atoms with Gasteiger partial charge in [-0.2, -0.15) is 0 Å². The molecule has 0 amide bonds. The highest BCUT2D eigenvalue weighted by Gasteiger charge is 2.09. The summed E-state index contributed by atoms with van der Waals surface area (Å²) in [5, 5.41) is 1.18. The first-order chi connectivity index (χ1) is 8.97. The van der Waals surface area contributed by atoms with E-state index in [-0.39, 0.29) is 11.9 Å². The van der Waals surface area contributed by atoms with Crippen molar-refractivity contribution in [2.45, 2.75) is 39.7 Å². The fraction of sp³-hybridized carbons (Fsp3) is 0.438. The van der Waals surface area contributed by atoms with Gasteiger partial charge in [-0.1, -0.05) is 0 Å². The van der Waals surface area contributed by atoms with Crippen LogP contribution in [0, 0.1) is 0 Å². The summed E-state index contributed by atoms with van der Waals surface area (Å²) in [6.07, 6.45) is 3.65. The van der Waals surface area contributed by atoms with Gasteiger partial charge in [0.15, 0.2) is 0 Å². The van der Waals surface area contributed by atoms with Crippen molar-refractivity contribution in [2.24, 2.45) is 7.05 Å². The Morgan fingerprint density at radius 1 is 1.37 bits per heavy atom. The molecule has 102 valence electrons. The standard InChI is InChI=1S/C16H21NO2/c1-11(2)19-14-7-8-16-15(9-14)13(10-17(16)4)6-5-12(3)18/h7-11H,5-6H2,1-4H3. The van der Waals surface area contributed by atoms with Crippen molar-refractivity contribution in [2.75, 3.05) is 0 Å². The lowest BCUT2D eigenvalue weighted by molar-refractivity contribution is -0.116. The zero-order valence-electron chi connectivity index (χ0n) is 12.1. The summed E-state index contributed by atoms with van der Waals surface area (Å²) in [5.74, 6) is 1.12. The number of ether oxygens (including phenoxy) is 1. The molecule has 0 atom stereocenters. The molecular formula is C16H21NO2. The molecule has 0 aliphatic carbocycles. The number of Topliss-reactive ketones (excluding diaryl/α,β-unsaturated/α-hetero) is 1. The third-order valence-corrected chi connectivity index (χ3v) is 3.16. The van der Waals surface area contributed by atoms with Crippen molar-refractivity contribution < 1.29 is 9.53 Å². The number of ketones is 1. The van der Waals surface area contributed by atoms with Crippen LogP contribution in [0.15, 0.2) is 24.4 Å². The number of aryl methyl sites for hydroxylation is 2. The largest absolute Gasteiger partial charge is 0.491 e. The molecule has 3 nitrogen and oxygen atoms in total. The van der Waals surface area contributed by atoms with E-state index in [9.17, 15) is 4.79 Å². The number of rotatable bonds is 5. The first-order valence-electron chi connectivity index (χ1n) is 6.71. The lowest BCUT2D eigenvalue weighted by atomic mass is 10.1. The second-order valence-electron chi connectivity index (χ2n) is 5.31. The number of fused-ring (bicyclic) bond motifs is 1. The fourth-order valence-corrected chi connectivity index (χ4v) is 2.31. The molecule has 0 radical (unpaired) electrons. The molecule has 0 saturated carbocycles. The molecule has 0 saturated heterocycles. The summed E-state index contributed by atoms with van der Waals surface area (Å²) in [4.78, 5) is 11.1. The van der Waals surface area contributed by atoms with E-state index in [4.69, 9.17) is 4.74 Å². The normalized spacial score (nSPS) is 11.2. The van der Waals surface area contributed by atoms with E-state index in [2.05, 4.69) is 22.9 Å². The second-order valence-corrected chi connectivity index (χ2v) is 5.31. The van der Waals surface area contributed by atoms with Crippen LogP contribution in [0.25, 0.3) is 10.9 Å². The monoisotopic (exact) mass is 259 g/mol. The Morgan fingerprint density at radius 3 is 2.74 bits per heavy atom. The van der Waals surface area contributed by atoms with Crippen LogP contribution >= 0.6 is 0 Å². The first kappa shape index (κ1) is 13.7. The Balaban J connectivity index is 2.37. The zero-order valence-corrected chi connectivity index (χ0v) is 12.1. The predicted molar refractivity (Wildman–Crippen MR) is 77.7 cm³/mol. The van der Waals surface area contributed by atoms with Gasteiger partial charge >= 0.3 is 0 Å². The molecular weight excluding hydrogens is 238 g/mol. The number of nitrogens with zero attached hydrogens (tertiary/aromatic N) is 1. The number of hydrogen-bond donors (Lipinski definition) is 0. The Hall–Kier alpha value is -1.77. The lowest BCUT2D eigenvalue weighted by Crippen LogP contribution is -2.05. The molecule has 2 rings (SSSR count). The van der Waals surface area contributed by atoms with E-state index in [1.54, 1.807) is 6.92 Å². The quantitative estimate of drug-likeness (QED) is 0.823. The van der Waals surface area contributed by atoms with Gasteiger partial charge in [-0.25, -0.2) is 0 Å². The van der Waals surface area contributed by atoms with Crippen molar-refractivity contribution in [3.63, 3.8) is 0 Å². The summed E-state index contributed by atoms with van der Waals surface area (Å²) in [7, 11) is 2.03. The topological polar surface area (TPSA) is 31.2 Å². The summed E-state index contributed by atoms with van der Waals surface area (Å²) < 4.78 is 7.84. The van der Waals surface area contributed by atoms with Crippen LogP contribution in [-0.2, 0) is 18.3 Å². The number of benzene rings is 1. The van der Waals surface area contributed by atoms with Crippen LogP contribution in [0.5, 0.6) is 5.75 Å². The third-order valence-electron chi connectivity index (χ3n) is 3.16. The Morgan fingerprint density at radius 2 is 2.11 bits per heavy atom. The SMILES string of the molecule is CC(=O)CCc1cn(C)c2ccc(OC(C)C)cc12. The van der Waals surface area contributed by atoms with Gasteiger partial charge < -0.3 is 14.1 Å². The molecule has 2 aromatic rings. The summed E-state index contributed by atoms with van der Waals surface area (Å²) in [6.45, 7) is 5.68. The van der Waals surface area contributed by atoms with Crippen LogP contribution < -0.4 is 4.74 Å². The molecule has 1 aromatic heterocycles. The maximum atomic E-state index is 11.1. The fourth-order valence-electron chi connectivity index (χ4n) is 2.31. The minimum atomic E-state index is 0.168. The maximum Gasteiger partial charge on any atom is 0.130 e. The lowest BCUT2D eigenvalue weighted by Gasteiger charge is -2.10. The van der Waals surface area contributed by atoms with Gasteiger partial charge in [0, 0.05) is 30.6 Å². The van der Waals surface area contributed by atoms with Crippen LogP contribution in [0.2, 0.25) is 0 Å². The van der Waals surface area contributed by atoms with Gasteiger partial charge in [0.25, 0.3) is 0 Å². The third kappa shape index (κ3) is 3.16. The van der Waals surface area contributed by atoms with Crippen molar-refractivity contribution in [1.29, 1.82) is 0 Å². The summed E-state index contributed by atoms with van der Waals surface area (Å²) in [5.41, 5.74) is 2.39. The highest BCUT2D eigenvalue weighted by atomic mass is 16.5. The number of hydrogen-bond acceptors (Lipinski definition) is 2. The molecule has 0 spiro atoms. The maximum absolute atomic E-state index is 11.1. The highest BCUT2D eigenvalue weighted by Crippen LogP contribution is 2.27. The Bertz CT molecular complexity index is 596. The van der Waals surface area contributed by atoms with Crippen molar-refractivity contribution in [1.82, 2.24) is 4.57 Å². The molecule has 3 heteroatoms. The van der Waals surface area contributed by atoms with Gasteiger partial charge in [-0.05, 0) is 51.0 Å². The summed E-state index contributed by atoms with van der Waals surface area (Å²) >= 11 is 0. The minimum Gasteiger partial charge on any atom is -0.491 e. The van der Waals surface area contributed by atoms with E-state index in [0.717, 1.165) is 12.2 Å². The van der Waals surface area contributed by atoms with Crippen LogP contribution in [-0.4, -0.2) is 16.5 Å². The van der Waals surface area contributed by atoms with Crippen LogP contribution in [0.3, 0.4) is 0 Å². The number of carbonyl (C=O) groups is 1. The summed E-state index contributed by atoms with van der Waals surface area (Å²) in [6, 6.07) is 6.15.